The molecule has 68 valence electrons. The lowest BCUT2D eigenvalue weighted by molar-refractivity contribution is 0.558. The fraction of sp³-hybridized carbons (Fsp3) is 0.250. The second kappa shape index (κ2) is 3.74. The van der Waals surface area contributed by atoms with Gasteiger partial charge >= 0.3 is 0 Å². The standard InChI is InChI=1S/C8H8BrN3O/c9-3-8-5-12(11-10-8)4-7-1-2-13-6-7/h1-2,5-6H,3-4H2. The first kappa shape index (κ1) is 8.50. The van der Waals surface area contributed by atoms with E-state index in [2.05, 4.69) is 26.2 Å². The third-order valence-corrected chi connectivity index (χ3v) is 2.22. The highest BCUT2D eigenvalue weighted by molar-refractivity contribution is 9.08. The topological polar surface area (TPSA) is 43.9 Å². The number of rotatable bonds is 3. The Hall–Kier alpha value is -1.10. The third kappa shape index (κ3) is 1.98. The summed E-state index contributed by atoms with van der Waals surface area (Å²) < 4.78 is 6.73. The van der Waals surface area contributed by atoms with Crippen molar-refractivity contribution in [1.29, 1.82) is 0 Å². The highest BCUT2D eigenvalue weighted by Crippen LogP contribution is 2.04. The first-order valence-corrected chi connectivity index (χ1v) is 4.96. The van der Waals surface area contributed by atoms with E-state index in [1.54, 1.807) is 17.2 Å². The van der Waals surface area contributed by atoms with Gasteiger partial charge in [0.2, 0.25) is 0 Å². The van der Waals surface area contributed by atoms with Gasteiger partial charge in [-0.2, -0.15) is 0 Å². The smallest absolute Gasteiger partial charge is 0.0953 e. The molecule has 0 unspecified atom stereocenters. The SMILES string of the molecule is BrCc1cn(Cc2ccoc2)nn1. The van der Waals surface area contributed by atoms with E-state index in [0.717, 1.165) is 16.6 Å². The molecule has 0 aliphatic carbocycles. The normalized spacial score (nSPS) is 10.5. The predicted molar refractivity (Wildman–Crippen MR) is 50.5 cm³/mol. The Labute approximate surface area is 83.7 Å². The van der Waals surface area contributed by atoms with E-state index in [9.17, 15) is 0 Å². The van der Waals surface area contributed by atoms with E-state index in [1.165, 1.54) is 0 Å². The maximum absolute atomic E-state index is 4.95. The molecule has 0 N–H and O–H groups in total. The molecule has 0 aliphatic rings. The minimum absolute atomic E-state index is 0.705. The Morgan fingerprint density at radius 1 is 1.54 bits per heavy atom. The van der Waals surface area contributed by atoms with Gasteiger partial charge in [0, 0.05) is 17.1 Å². The number of alkyl halides is 1. The van der Waals surface area contributed by atoms with Gasteiger partial charge in [-0.15, -0.1) is 5.10 Å². The zero-order valence-corrected chi connectivity index (χ0v) is 8.44. The summed E-state index contributed by atoms with van der Waals surface area (Å²) in [7, 11) is 0. The fourth-order valence-electron chi connectivity index (χ4n) is 1.05. The van der Waals surface area contributed by atoms with E-state index >= 15 is 0 Å². The van der Waals surface area contributed by atoms with Crippen molar-refractivity contribution in [3.63, 3.8) is 0 Å². The van der Waals surface area contributed by atoms with E-state index in [-0.39, 0.29) is 0 Å². The quantitative estimate of drug-likeness (QED) is 0.771. The lowest BCUT2D eigenvalue weighted by Crippen LogP contribution is -1.98. The molecule has 0 amide bonds. The monoisotopic (exact) mass is 241 g/mol. The molecular weight excluding hydrogens is 234 g/mol. The van der Waals surface area contributed by atoms with Gasteiger partial charge < -0.3 is 4.42 Å². The maximum atomic E-state index is 4.95. The molecule has 0 atom stereocenters. The molecule has 2 rings (SSSR count). The minimum Gasteiger partial charge on any atom is -0.472 e. The van der Waals surface area contributed by atoms with Crippen molar-refractivity contribution in [1.82, 2.24) is 15.0 Å². The number of hydrogen-bond acceptors (Lipinski definition) is 3. The molecule has 13 heavy (non-hydrogen) atoms. The van der Waals surface area contributed by atoms with Crippen LogP contribution in [0.1, 0.15) is 11.3 Å². The average molecular weight is 242 g/mol. The number of halogens is 1. The molecule has 0 saturated heterocycles. The van der Waals surface area contributed by atoms with Crippen molar-refractivity contribution in [3.05, 3.63) is 36.0 Å². The molecule has 0 aromatic carbocycles. The molecule has 2 heterocycles. The summed E-state index contributed by atoms with van der Waals surface area (Å²) in [6.07, 6.45) is 5.26. The summed E-state index contributed by atoms with van der Waals surface area (Å²) in [4.78, 5) is 0. The first-order chi connectivity index (χ1) is 6.38. The number of aromatic nitrogens is 3. The van der Waals surface area contributed by atoms with Crippen molar-refractivity contribution in [2.75, 3.05) is 0 Å². The Morgan fingerprint density at radius 2 is 2.46 bits per heavy atom. The van der Waals surface area contributed by atoms with Crippen LogP contribution in [0.2, 0.25) is 0 Å². The minimum atomic E-state index is 0.705. The maximum Gasteiger partial charge on any atom is 0.0953 e. The summed E-state index contributed by atoms with van der Waals surface area (Å²) >= 11 is 3.31. The molecule has 0 fully saturated rings. The van der Waals surface area contributed by atoms with Gasteiger partial charge in [0.15, 0.2) is 0 Å². The van der Waals surface area contributed by atoms with E-state index in [0.29, 0.717) is 6.54 Å². The number of furan rings is 1. The van der Waals surface area contributed by atoms with Crippen LogP contribution in [0.4, 0.5) is 0 Å². The summed E-state index contributed by atoms with van der Waals surface area (Å²) in [6, 6.07) is 1.91. The zero-order valence-electron chi connectivity index (χ0n) is 6.85. The van der Waals surface area contributed by atoms with Crippen LogP contribution in [-0.4, -0.2) is 15.0 Å². The van der Waals surface area contributed by atoms with Crippen LogP contribution in [-0.2, 0) is 11.9 Å². The van der Waals surface area contributed by atoms with Crippen molar-refractivity contribution in [3.8, 4) is 0 Å². The van der Waals surface area contributed by atoms with Gasteiger partial charge in [0.05, 0.1) is 24.8 Å². The van der Waals surface area contributed by atoms with Gasteiger partial charge in [-0.05, 0) is 6.07 Å². The molecule has 0 radical (unpaired) electrons. The van der Waals surface area contributed by atoms with Gasteiger partial charge in [0.25, 0.3) is 0 Å². The van der Waals surface area contributed by atoms with Gasteiger partial charge in [-0.3, -0.25) is 0 Å². The molecule has 0 aliphatic heterocycles. The van der Waals surface area contributed by atoms with Gasteiger partial charge in [-0.1, -0.05) is 21.1 Å². The Bertz CT molecular complexity index is 368. The molecular formula is C8H8BrN3O. The third-order valence-electron chi connectivity index (χ3n) is 1.65. The first-order valence-electron chi connectivity index (χ1n) is 3.84. The van der Waals surface area contributed by atoms with Crippen LogP contribution >= 0.6 is 15.9 Å². The lowest BCUT2D eigenvalue weighted by atomic mass is 10.3. The number of nitrogens with zero attached hydrogens (tertiary/aromatic N) is 3. The van der Waals surface area contributed by atoms with Crippen molar-refractivity contribution in [2.24, 2.45) is 0 Å². The molecule has 0 saturated carbocycles. The van der Waals surface area contributed by atoms with Crippen molar-refractivity contribution >= 4 is 15.9 Å². The Balaban J connectivity index is 2.10. The summed E-state index contributed by atoms with van der Waals surface area (Å²) in [6.45, 7) is 0.705. The Kier molecular flexibility index (Phi) is 2.44. The van der Waals surface area contributed by atoms with Crippen molar-refractivity contribution in [2.45, 2.75) is 11.9 Å². The zero-order chi connectivity index (χ0) is 9.10. The van der Waals surface area contributed by atoms with Crippen LogP contribution in [0.5, 0.6) is 0 Å². The van der Waals surface area contributed by atoms with Crippen LogP contribution in [0.15, 0.2) is 29.2 Å². The summed E-state index contributed by atoms with van der Waals surface area (Å²) in [5.41, 5.74) is 2.02. The van der Waals surface area contributed by atoms with Crippen LogP contribution in [0.25, 0.3) is 0 Å². The Morgan fingerprint density at radius 3 is 3.08 bits per heavy atom. The van der Waals surface area contributed by atoms with E-state index in [4.69, 9.17) is 4.42 Å². The van der Waals surface area contributed by atoms with Crippen LogP contribution in [0, 0.1) is 0 Å². The lowest BCUT2D eigenvalue weighted by Gasteiger charge is -1.93. The van der Waals surface area contributed by atoms with E-state index in [1.807, 2.05) is 12.3 Å². The summed E-state index contributed by atoms with van der Waals surface area (Å²) in [5, 5.41) is 8.64. The highest BCUT2D eigenvalue weighted by atomic mass is 79.9. The second-order valence-electron chi connectivity index (χ2n) is 2.67. The average Bonchev–Trinajstić information content (AvgIpc) is 2.76. The molecule has 0 bridgehead atoms. The van der Waals surface area contributed by atoms with Crippen LogP contribution < -0.4 is 0 Å². The van der Waals surface area contributed by atoms with Gasteiger partial charge in [0.1, 0.15) is 0 Å². The second-order valence-corrected chi connectivity index (χ2v) is 3.23. The van der Waals surface area contributed by atoms with Crippen molar-refractivity contribution < 1.29 is 4.42 Å². The predicted octanol–water partition coefficient (Wildman–Crippen LogP) is 1.81. The highest BCUT2D eigenvalue weighted by Gasteiger charge is 2.00. The molecule has 2 aromatic rings. The van der Waals surface area contributed by atoms with E-state index < -0.39 is 0 Å². The molecule has 0 spiro atoms. The molecule has 5 heteroatoms. The number of hydrogen-bond donors (Lipinski definition) is 0. The van der Waals surface area contributed by atoms with Gasteiger partial charge in [-0.25, -0.2) is 4.68 Å². The fourth-order valence-corrected chi connectivity index (χ4v) is 1.30. The molecule has 2 aromatic heterocycles. The summed E-state index contributed by atoms with van der Waals surface area (Å²) in [5.74, 6) is 0. The largest absolute Gasteiger partial charge is 0.472 e. The molecule has 4 nitrogen and oxygen atoms in total. The van der Waals surface area contributed by atoms with Crippen LogP contribution in [0.3, 0.4) is 0 Å².